The van der Waals surface area contributed by atoms with Crippen molar-refractivity contribution in [1.82, 2.24) is 15.5 Å². The zero-order valence-corrected chi connectivity index (χ0v) is 21.4. The van der Waals surface area contributed by atoms with Gasteiger partial charge in [-0.3, -0.25) is 14.5 Å². The molecule has 0 aromatic heterocycles. The molecule has 4 rings (SSSR count). The van der Waals surface area contributed by atoms with Gasteiger partial charge in [-0.25, -0.2) is 4.79 Å². The van der Waals surface area contributed by atoms with Crippen molar-refractivity contribution in [3.63, 3.8) is 0 Å². The minimum absolute atomic E-state index is 0.000462. The van der Waals surface area contributed by atoms with Crippen LogP contribution in [0.4, 0.5) is 4.79 Å². The molecule has 3 saturated carbocycles. The third kappa shape index (κ3) is 4.12. The molecule has 33 heavy (non-hydrogen) atoms. The van der Waals surface area contributed by atoms with Gasteiger partial charge in [0.25, 0.3) is 0 Å². The van der Waals surface area contributed by atoms with Gasteiger partial charge in [-0.1, -0.05) is 40.7 Å². The highest BCUT2D eigenvalue weighted by molar-refractivity contribution is 5.96. The Kier molecular flexibility index (Phi) is 6.20. The van der Waals surface area contributed by atoms with Gasteiger partial charge in [-0.2, -0.15) is 0 Å². The van der Waals surface area contributed by atoms with Gasteiger partial charge in [0, 0.05) is 30.5 Å². The lowest BCUT2D eigenvalue weighted by molar-refractivity contribution is -0.142. The van der Waals surface area contributed by atoms with E-state index in [1.807, 2.05) is 6.92 Å². The number of carbonyl (C=O) groups excluding carboxylic acids is 3. The lowest BCUT2D eigenvalue weighted by atomic mass is 9.48. The van der Waals surface area contributed by atoms with E-state index in [4.69, 9.17) is 0 Å². The minimum Gasteiger partial charge on any atom is -0.349 e. The second kappa shape index (κ2) is 8.42. The number of amides is 4. The molecule has 0 spiro atoms. The van der Waals surface area contributed by atoms with Crippen LogP contribution in [-0.2, 0) is 9.59 Å². The van der Waals surface area contributed by atoms with Crippen molar-refractivity contribution < 1.29 is 14.4 Å². The quantitative estimate of drug-likeness (QED) is 0.655. The fraction of sp³-hybridized carbons (Fsp3) is 0.815. The largest absolute Gasteiger partial charge is 0.349 e. The zero-order chi connectivity index (χ0) is 24.2. The van der Waals surface area contributed by atoms with Crippen LogP contribution in [0.1, 0.15) is 80.1 Å². The van der Waals surface area contributed by atoms with Crippen LogP contribution in [0.5, 0.6) is 0 Å². The molecule has 3 aliphatic carbocycles. The van der Waals surface area contributed by atoms with Gasteiger partial charge in [0.1, 0.15) is 0 Å². The summed E-state index contributed by atoms with van der Waals surface area (Å²) in [4.78, 5) is 40.3. The normalized spacial score (nSPS) is 39.7. The number of fused-ring (bicyclic) bond motifs is 5. The van der Waals surface area contributed by atoms with E-state index in [1.165, 1.54) is 4.90 Å². The van der Waals surface area contributed by atoms with Crippen molar-refractivity contribution >= 4 is 17.8 Å². The van der Waals surface area contributed by atoms with Gasteiger partial charge in [0.15, 0.2) is 0 Å². The van der Waals surface area contributed by atoms with Gasteiger partial charge in [-0.05, 0) is 80.1 Å². The first kappa shape index (κ1) is 24.3. The summed E-state index contributed by atoms with van der Waals surface area (Å²) in [7, 11) is 0. The smallest absolute Gasteiger partial charge is 0.324 e. The van der Waals surface area contributed by atoms with E-state index in [2.05, 4.69) is 51.3 Å². The molecule has 7 atom stereocenters. The third-order valence-electron chi connectivity index (χ3n) is 9.46. The first-order valence-electron chi connectivity index (χ1n) is 13.0. The summed E-state index contributed by atoms with van der Waals surface area (Å²) in [6, 6.07) is -0.0336. The SMILES string of the molecule is CCNC(=O)N(CC(C)(C)C)C(=O)[C@H]1CC[C@H]2[C@@H]3CC[C@H]4NC(=O)C=C[C@]4(C)[C@H]3CC[C@]12C. The molecule has 4 aliphatic rings. The Balaban J connectivity index is 1.58. The molecule has 0 aromatic rings. The number of rotatable bonds is 3. The maximum atomic E-state index is 13.9. The Morgan fingerprint density at radius 1 is 1.12 bits per heavy atom. The summed E-state index contributed by atoms with van der Waals surface area (Å²) in [6.07, 6.45) is 10.0. The van der Waals surface area contributed by atoms with Gasteiger partial charge in [-0.15, -0.1) is 0 Å². The summed E-state index contributed by atoms with van der Waals surface area (Å²) in [5.41, 5.74) is -0.215. The second-order valence-electron chi connectivity index (χ2n) is 12.7. The molecular formula is C27H43N3O3. The van der Waals surface area contributed by atoms with E-state index in [9.17, 15) is 14.4 Å². The molecule has 3 fully saturated rings. The lowest BCUT2D eigenvalue weighted by Gasteiger charge is -2.58. The maximum absolute atomic E-state index is 13.9. The molecule has 6 heteroatoms. The number of nitrogens with one attached hydrogen (secondary N) is 2. The van der Waals surface area contributed by atoms with Crippen molar-refractivity contribution in [2.75, 3.05) is 13.1 Å². The fourth-order valence-electron chi connectivity index (χ4n) is 7.90. The summed E-state index contributed by atoms with van der Waals surface area (Å²) in [5.74, 6) is 1.56. The van der Waals surface area contributed by atoms with Crippen LogP contribution >= 0.6 is 0 Å². The molecule has 0 bridgehead atoms. The van der Waals surface area contributed by atoms with E-state index in [0.29, 0.717) is 30.8 Å². The average Bonchev–Trinajstić information content (AvgIpc) is 3.09. The van der Waals surface area contributed by atoms with E-state index >= 15 is 0 Å². The number of nitrogens with zero attached hydrogens (tertiary/aromatic N) is 1. The number of hydrogen-bond acceptors (Lipinski definition) is 3. The zero-order valence-electron chi connectivity index (χ0n) is 21.4. The van der Waals surface area contributed by atoms with Crippen LogP contribution in [-0.4, -0.2) is 41.9 Å². The Hall–Kier alpha value is -1.85. The van der Waals surface area contributed by atoms with Crippen LogP contribution in [0, 0.1) is 39.9 Å². The Morgan fingerprint density at radius 2 is 1.85 bits per heavy atom. The Morgan fingerprint density at radius 3 is 2.52 bits per heavy atom. The molecule has 0 aromatic carbocycles. The molecule has 1 aliphatic heterocycles. The topological polar surface area (TPSA) is 78.5 Å². The van der Waals surface area contributed by atoms with Crippen molar-refractivity contribution in [2.24, 2.45) is 39.9 Å². The van der Waals surface area contributed by atoms with Crippen LogP contribution in [0.3, 0.4) is 0 Å². The number of carbonyl (C=O) groups is 3. The Labute approximate surface area is 199 Å². The Bertz CT molecular complexity index is 846. The van der Waals surface area contributed by atoms with E-state index in [1.54, 1.807) is 6.08 Å². The minimum atomic E-state index is -0.255. The summed E-state index contributed by atoms with van der Waals surface area (Å²) in [5, 5.41) is 6.08. The standard InChI is InChI=1S/C27H43N3O3/c1-7-28-24(33)30(16-25(2,3)4)23(32)20-10-9-18-17-8-11-21-27(6,15-13-22(31)29-21)19(17)12-14-26(18,20)5/h13,15,17-21H,7-12,14,16H2,1-6H3,(H,28,33)(H,29,31)/t17-,18-,19-,20+,21+,26-,27+/m0/s1. The molecule has 6 nitrogen and oxygen atoms in total. The maximum Gasteiger partial charge on any atom is 0.324 e. The highest BCUT2D eigenvalue weighted by atomic mass is 16.2. The van der Waals surface area contributed by atoms with Gasteiger partial charge >= 0.3 is 6.03 Å². The highest BCUT2D eigenvalue weighted by Crippen LogP contribution is 2.65. The van der Waals surface area contributed by atoms with E-state index in [0.717, 1.165) is 38.5 Å². The summed E-state index contributed by atoms with van der Waals surface area (Å²) in [6.45, 7) is 13.7. The summed E-state index contributed by atoms with van der Waals surface area (Å²) >= 11 is 0. The fourth-order valence-corrected chi connectivity index (χ4v) is 7.90. The molecule has 0 saturated heterocycles. The van der Waals surface area contributed by atoms with Crippen LogP contribution in [0.25, 0.3) is 0 Å². The van der Waals surface area contributed by atoms with Crippen molar-refractivity contribution in [3.8, 4) is 0 Å². The highest BCUT2D eigenvalue weighted by Gasteiger charge is 2.61. The third-order valence-corrected chi connectivity index (χ3v) is 9.46. The van der Waals surface area contributed by atoms with E-state index < -0.39 is 0 Å². The number of urea groups is 1. The molecule has 184 valence electrons. The predicted octanol–water partition coefficient (Wildman–Crippen LogP) is 4.50. The van der Waals surface area contributed by atoms with Gasteiger partial charge in [0.2, 0.25) is 11.8 Å². The second-order valence-corrected chi connectivity index (χ2v) is 12.7. The first-order valence-corrected chi connectivity index (χ1v) is 13.0. The molecule has 1 heterocycles. The van der Waals surface area contributed by atoms with Crippen LogP contribution in [0.15, 0.2) is 12.2 Å². The number of hydrogen-bond donors (Lipinski definition) is 2. The average molecular weight is 458 g/mol. The number of imide groups is 1. The lowest BCUT2D eigenvalue weighted by Crippen LogP contribution is -2.60. The molecular weight excluding hydrogens is 414 g/mol. The van der Waals surface area contributed by atoms with Gasteiger partial charge < -0.3 is 10.6 Å². The van der Waals surface area contributed by atoms with E-state index in [-0.39, 0.29) is 46.1 Å². The first-order chi connectivity index (χ1) is 15.4. The van der Waals surface area contributed by atoms with Gasteiger partial charge in [0.05, 0.1) is 0 Å². The molecule has 4 amide bonds. The van der Waals surface area contributed by atoms with Crippen LogP contribution in [0.2, 0.25) is 0 Å². The molecule has 2 N–H and O–H groups in total. The van der Waals surface area contributed by atoms with Crippen molar-refractivity contribution in [2.45, 2.75) is 86.1 Å². The summed E-state index contributed by atoms with van der Waals surface area (Å²) < 4.78 is 0. The molecule has 0 radical (unpaired) electrons. The monoisotopic (exact) mass is 457 g/mol. The molecule has 0 unspecified atom stereocenters. The van der Waals surface area contributed by atoms with Crippen molar-refractivity contribution in [3.05, 3.63) is 12.2 Å². The predicted molar refractivity (Wildman–Crippen MR) is 129 cm³/mol. The van der Waals surface area contributed by atoms with Crippen molar-refractivity contribution in [1.29, 1.82) is 0 Å². The van der Waals surface area contributed by atoms with Crippen LogP contribution < -0.4 is 10.6 Å².